The first-order valence-electron chi connectivity index (χ1n) is 5.97. The molecule has 4 heteroatoms. The quantitative estimate of drug-likeness (QED) is 0.846. The highest BCUT2D eigenvalue weighted by Gasteiger charge is 2.12. The van der Waals surface area contributed by atoms with Crippen LogP contribution in [0.4, 0.5) is 4.39 Å². The summed E-state index contributed by atoms with van der Waals surface area (Å²) in [5.41, 5.74) is 2.11. The molecule has 0 heterocycles. The first kappa shape index (κ1) is 14.5. The van der Waals surface area contributed by atoms with Gasteiger partial charge in [0.2, 0.25) is 0 Å². The second kappa shape index (κ2) is 6.51. The Labute approximate surface area is 125 Å². The third-order valence-corrected chi connectivity index (χ3v) is 3.91. The van der Waals surface area contributed by atoms with E-state index >= 15 is 0 Å². The van der Waals surface area contributed by atoms with Crippen molar-refractivity contribution in [3.8, 4) is 0 Å². The standard InChI is InChI=1S/C15H14BrClFN/c1-19-15(10-3-6-13(18)7-4-10)8-11-2-5-12(16)9-14(11)17/h2-7,9,15,19H,8H2,1H3. The molecule has 19 heavy (non-hydrogen) atoms. The highest BCUT2D eigenvalue weighted by Crippen LogP contribution is 2.26. The molecular weight excluding hydrogens is 329 g/mol. The van der Waals surface area contributed by atoms with Crippen LogP contribution in [0.3, 0.4) is 0 Å². The molecule has 100 valence electrons. The van der Waals surface area contributed by atoms with Crippen LogP contribution in [-0.4, -0.2) is 7.05 Å². The van der Waals surface area contributed by atoms with Gasteiger partial charge in [0.1, 0.15) is 5.82 Å². The zero-order valence-corrected chi connectivity index (χ0v) is 12.8. The highest BCUT2D eigenvalue weighted by atomic mass is 79.9. The Morgan fingerprint density at radius 3 is 2.47 bits per heavy atom. The lowest BCUT2D eigenvalue weighted by Gasteiger charge is -2.17. The van der Waals surface area contributed by atoms with Crippen molar-refractivity contribution in [2.75, 3.05) is 7.05 Å². The summed E-state index contributed by atoms with van der Waals surface area (Å²) in [6, 6.07) is 12.5. The number of halogens is 3. The summed E-state index contributed by atoms with van der Waals surface area (Å²) < 4.78 is 13.9. The van der Waals surface area contributed by atoms with Crippen molar-refractivity contribution >= 4 is 27.5 Å². The van der Waals surface area contributed by atoms with Gasteiger partial charge in [0.15, 0.2) is 0 Å². The molecule has 0 aromatic heterocycles. The average molecular weight is 343 g/mol. The number of hydrogen-bond acceptors (Lipinski definition) is 1. The third-order valence-electron chi connectivity index (χ3n) is 3.06. The minimum atomic E-state index is -0.222. The molecule has 0 bridgehead atoms. The van der Waals surface area contributed by atoms with Gasteiger partial charge in [0, 0.05) is 15.5 Å². The van der Waals surface area contributed by atoms with E-state index in [1.807, 2.05) is 25.2 Å². The number of likely N-dealkylation sites (N-methyl/N-ethyl adjacent to an activating group) is 1. The average Bonchev–Trinajstić information content (AvgIpc) is 2.39. The second-order valence-electron chi connectivity index (χ2n) is 4.33. The maximum Gasteiger partial charge on any atom is 0.123 e. The smallest absolute Gasteiger partial charge is 0.123 e. The first-order chi connectivity index (χ1) is 9.10. The molecule has 2 aromatic rings. The van der Waals surface area contributed by atoms with E-state index in [4.69, 9.17) is 11.6 Å². The fraction of sp³-hybridized carbons (Fsp3) is 0.200. The molecule has 0 spiro atoms. The monoisotopic (exact) mass is 341 g/mol. The molecule has 0 aliphatic heterocycles. The summed E-state index contributed by atoms with van der Waals surface area (Å²) in [4.78, 5) is 0. The summed E-state index contributed by atoms with van der Waals surface area (Å²) in [6.45, 7) is 0. The number of benzene rings is 2. The molecule has 0 radical (unpaired) electrons. The second-order valence-corrected chi connectivity index (χ2v) is 5.66. The minimum Gasteiger partial charge on any atom is -0.313 e. The fourth-order valence-electron chi connectivity index (χ4n) is 1.99. The Balaban J connectivity index is 2.21. The zero-order valence-electron chi connectivity index (χ0n) is 10.5. The van der Waals surface area contributed by atoms with Gasteiger partial charge in [-0.2, -0.15) is 0 Å². The van der Waals surface area contributed by atoms with E-state index in [-0.39, 0.29) is 11.9 Å². The van der Waals surface area contributed by atoms with Crippen LogP contribution in [0.5, 0.6) is 0 Å². The van der Waals surface area contributed by atoms with E-state index in [2.05, 4.69) is 21.2 Å². The minimum absolute atomic E-state index is 0.110. The lowest BCUT2D eigenvalue weighted by atomic mass is 9.99. The Bertz CT molecular complexity index is 557. The van der Waals surface area contributed by atoms with E-state index < -0.39 is 0 Å². The number of hydrogen-bond donors (Lipinski definition) is 1. The lowest BCUT2D eigenvalue weighted by Crippen LogP contribution is -2.19. The maximum absolute atomic E-state index is 12.9. The summed E-state index contributed by atoms with van der Waals surface area (Å²) >= 11 is 9.62. The van der Waals surface area contributed by atoms with Crippen molar-refractivity contribution in [2.45, 2.75) is 12.5 Å². The molecule has 0 saturated carbocycles. The summed E-state index contributed by atoms with van der Waals surface area (Å²) in [6.07, 6.45) is 0.758. The molecule has 1 nitrogen and oxygen atoms in total. The van der Waals surface area contributed by atoms with Crippen LogP contribution >= 0.6 is 27.5 Å². The Hall–Kier alpha value is -0.900. The van der Waals surface area contributed by atoms with Crippen molar-refractivity contribution in [3.63, 3.8) is 0 Å². The Morgan fingerprint density at radius 2 is 1.89 bits per heavy atom. The SMILES string of the molecule is CNC(Cc1ccc(Br)cc1Cl)c1ccc(F)cc1. The third kappa shape index (κ3) is 3.78. The van der Waals surface area contributed by atoms with Gasteiger partial charge in [-0.15, -0.1) is 0 Å². The van der Waals surface area contributed by atoms with Crippen LogP contribution in [0.1, 0.15) is 17.2 Å². The van der Waals surface area contributed by atoms with E-state index in [0.29, 0.717) is 0 Å². The van der Waals surface area contributed by atoms with E-state index in [9.17, 15) is 4.39 Å². The van der Waals surface area contributed by atoms with Gasteiger partial charge < -0.3 is 5.32 Å². The van der Waals surface area contributed by atoms with Crippen LogP contribution in [-0.2, 0) is 6.42 Å². The van der Waals surface area contributed by atoms with E-state index in [0.717, 1.165) is 27.0 Å². The van der Waals surface area contributed by atoms with Crippen molar-refractivity contribution in [1.82, 2.24) is 5.32 Å². The predicted octanol–water partition coefficient (Wildman–Crippen LogP) is 4.74. The van der Waals surface area contributed by atoms with Crippen molar-refractivity contribution < 1.29 is 4.39 Å². The van der Waals surface area contributed by atoms with Crippen LogP contribution in [0, 0.1) is 5.82 Å². The molecule has 1 atom stereocenters. The normalized spacial score (nSPS) is 12.4. The Morgan fingerprint density at radius 1 is 1.21 bits per heavy atom. The maximum atomic E-state index is 12.9. The molecule has 1 N–H and O–H groups in total. The summed E-state index contributed by atoms with van der Waals surface area (Å²) in [5, 5.41) is 3.97. The van der Waals surface area contributed by atoms with Crippen LogP contribution in [0.2, 0.25) is 5.02 Å². The molecule has 0 aliphatic rings. The molecule has 0 aliphatic carbocycles. The zero-order chi connectivity index (χ0) is 13.8. The molecular formula is C15H14BrClFN. The van der Waals surface area contributed by atoms with Crippen molar-refractivity contribution in [1.29, 1.82) is 0 Å². The topological polar surface area (TPSA) is 12.0 Å². The van der Waals surface area contributed by atoms with Gasteiger partial charge in [0.25, 0.3) is 0 Å². The molecule has 1 unspecified atom stereocenters. The van der Waals surface area contributed by atoms with Crippen molar-refractivity contribution in [2.24, 2.45) is 0 Å². The molecule has 0 amide bonds. The molecule has 2 rings (SSSR count). The predicted molar refractivity (Wildman–Crippen MR) is 81.1 cm³/mol. The highest BCUT2D eigenvalue weighted by molar-refractivity contribution is 9.10. The van der Waals surface area contributed by atoms with Gasteiger partial charge in [-0.1, -0.05) is 45.7 Å². The molecule has 0 saturated heterocycles. The van der Waals surface area contributed by atoms with Crippen LogP contribution < -0.4 is 5.32 Å². The fourth-order valence-corrected chi connectivity index (χ4v) is 2.74. The van der Waals surface area contributed by atoms with Gasteiger partial charge in [-0.3, -0.25) is 0 Å². The van der Waals surface area contributed by atoms with Crippen molar-refractivity contribution in [3.05, 3.63) is 68.9 Å². The largest absolute Gasteiger partial charge is 0.313 e. The van der Waals surface area contributed by atoms with Crippen LogP contribution in [0.15, 0.2) is 46.9 Å². The number of nitrogens with one attached hydrogen (secondary N) is 1. The lowest BCUT2D eigenvalue weighted by molar-refractivity contribution is 0.586. The van der Waals surface area contributed by atoms with Crippen LogP contribution in [0.25, 0.3) is 0 Å². The van der Waals surface area contributed by atoms with Gasteiger partial charge >= 0.3 is 0 Å². The first-order valence-corrected chi connectivity index (χ1v) is 7.14. The van der Waals surface area contributed by atoms with Gasteiger partial charge in [-0.25, -0.2) is 4.39 Å². The van der Waals surface area contributed by atoms with E-state index in [1.165, 1.54) is 12.1 Å². The number of rotatable bonds is 4. The Kier molecular flexibility index (Phi) is 4.97. The van der Waals surface area contributed by atoms with Gasteiger partial charge in [0.05, 0.1) is 0 Å². The molecule has 2 aromatic carbocycles. The molecule has 0 fully saturated rings. The van der Waals surface area contributed by atoms with E-state index in [1.54, 1.807) is 12.1 Å². The summed E-state index contributed by atoms with van der Waals surface area (Å²) in [7, 11) is 1.89. The van der Waals surface area contributed by atoms with Gasteiger partial charge in [-0.05, 0) is 48.9 Å². The summed E-state index contributed by atoms with van der Waals surface area (Å²) in [5.74, 6) is -0.222.